The van der Waals surface area contributed by atoms with Crippen LogP contribution >= 0.6 is 0 Å². The van der Waals surface area contributed by atoms with Crippen LogP contribution in [0.5, 0.6) is 0 Å². The zero-order valence-corrected chi connectivity index (χ0v) is 9.35. The number of aliphatic hydroxyl groups is 1. The van der Waals surface area contributed by atoms with E-state index in [9.17, 15) is 9.90 Å². The van der Waals surface area contributed by atoms with Crippen molar-refractivity contribution in [2.24, 2.45) is 0 Å². The summed E-state index contributed by atoms with van der Waals surface area (Å²) in [7, 11) is 0. The van der Waals surface area contributed by atoms with Crippen LogP contribution < -0.4 is 5.32 Å². The summed E-state index contributed by atoms with van der Waals surface area (Å²) in [6.45, 7) is 0. The van der Waals surface area contributed by atoms with Crippen LogP contribution in [0.25, 0.3) is 0 Å². The van der Waals surface area contributed by atoms with Crippen molar-refractivity contribution in [3.63, 3.8) is 0 Å². The molecule has 5 heteroatoms. The second-order valence-corrected chi connectivity index (χ2v) is 5.05. The van der Waals surface area contributed by atoms with E-state index in [0.717, 1.165) is 12.8 Å². The summed E-state index contributed by atoms with van der Waals surface area (Å²) >= 11 is 0. The molecule has 3 rings (SSSR count). The van der Waals surface area contributed by atoms with E-state index in [2.05, 4.69) is 5.32 Å². The average Bonchev–Trinajstić information content (AvgIpc) is 2.85. The minimum atomic E-state index is -1.13. The van der Waals surface area contributed by atoms with E-state index >= 15 is 0 Å². The molecule has 3 N–H and O–H groups in total. The monoisotopic (exact) mass is 237 g/mol. The van der Waals surface area contributed by atoms with E-state index in [0.29, 0.717) is 12.8 Å². The molecule has 0 aliphatic carbocycles. The molecule has 2 aliphatic rings. The van der Waals surface area contributed by atoms with Gasteiger partial charge in [0.1, 0.15) is 16.9 Å². The van der Waals surface area contributed by atoms with Gasteiger partial charge in [0, 0.05) is 12.1 Å². The van der Waals surface area contributed by atoms with Gasteiger partial charge >= 0.3 is 5.97 Å². The lowest BCUT2D eigenvalue weighted by molar-refractivity contribution is -0.0307. The highest BCUT2D eigenvalue weighted by molar-refractivity contribution is 5.89. The molecule has 2 fully saturated rings. The van der Waals surface area contributed by atoms with Gasteiger partial charge in [0.15, 0.2) is 0 Å². The molecule has 0 spiro atoms. The Hall–Kier alpha value is -1.33. The van der Waals surface area contributed by atoms with Crippen molar-refractivity contribution in [3.8, 4) is 0 Å². The number of rotatable bonds is 2. The second kappa shape index (κ2) is 3.58. The maximum atomic E-state index is 11.1. The number of aromatic carboxylic acids is 1. The lowest BCUT2D eigenvalue weighted by Gasteiger charge is -2.35. The summed E-state index contributed by atoms with van der Waals surface area (Å²) in [5.41, 5.74) is -1.05. The van der Waals surface area contributed by atoms with E-state index < -0.39 is 11.6 Å². The Morgan fingerprint density at radius 2 is 2.06 bits per heavy atom. The molecule has 1 aromatic rings. The summed E-state index contributed by atoms with van der Waals surface area (Å²) in [4.78, 5) is 11.1. The highest BCUT2D eigenvalue weighted by Gasteiger charge is 2.46. The van der Waals surface area contributed by atoms with Crippen LogP contribution in [0.4, 0.5) is 0 Å². The highest BCUT2D eigenvalue weighted by Crippen LogP contribution is 2.42. The van der Waals surface area contributed by atoms with Gasteiger partial charge in [-0.25, -0.2) is 4.79 Å². The first-order valence-electron chi connectivity index (χ1n) is 5.88. The van der Waals surface area contributed by atoms with E-state index in [4.69, 9.17) is 9.52 Å². The number of hydrogen-bond acceptors (Lipinski definition) is 4. The van der Waals surface area contributed by atoms with Crippen LogP contribution in [0.15, 0.2) is 16.7 Å². The minimum absolute atomic E-state index is 0.0776. The van der Waals surface area contributed by atoms with Crippen LogP contribution in [-0.2, 0) is 5.60 Å². The van der Waals surface area contributed by atoms with Crippen LogP contribution in [0.2, 0.25) is 0 Å². The molecular weight excluding hydrogens is 222 g/mol. The molecule has 2 unspecified atom stereocenters. The minimum Gasteiger partial charge on any atom is -0.478 e. The molecule has 17 heavy (non-hydrogen) atoms. The maximum Gasteiger partial charge on any atom is 0.339 e. The Bertz CT molecular complexity index is 441. The molecule has 1 aromatic heterocycles. The van der Waals surface area contributed by atoms with Crippen LogP contribution in [0.1, 0.15) is 41.8 Å². The van der Waals surface area contributed by atoms with Crippen molar-refractivity contribution in [3.05, 3.63) is 23.7 Å². The number of carbonyl (C=O) groups is 1. The van der Waals surface area contributed by atoms with Gasteiger partial charge in [0.05, 0.1) is 6.26 Å². The number of carboxylic acid groups (broad SMARTS) is 1. The van der Waals surface area contributed by atoms with Crippen molar-refractivity contribution in [2.45, 2.75) is 43.4 Å². The van der Waals surface area contributed by atoms with Gasteiger partial charge in [-0.05, 0) is 31.7 Å². The van der Waals surface area contributed by atoms with Crippen molar-refractivity contribution in [2.75, 3.05) is 0 Å². The molecule has 0 aromatic carbocycles. The SMILES string of the molecule is O=C(O)c1ccoc1C1(O)CC2CCC(C1)N2. The van der Waals surface area contributed by atoms with Crippen LogP contribution in [0.3, 0.4) is 0 Å². The first-order chi connectivity index (χ1) is 8.08. The number of nitrogens with one attached hydrogen (secondary N) is 1. The van der Waals surface area contributed by atoms with Gasteiger partial charge in [-0.15, -0.1) is 0 Å². The van der Waals surface area contributed by atoms with Gasteiger partial charge < -0.3 is 19.9 Å². The van der Waals surface area contributed by atoms with Crippen molar-refractivity contribution in [1.29, 1.82) is 0 Å². The molecule has 0 radical (unpaired) electrons. The molecule has 0 saturated carbocycles. The number of carboxylic acids is 1. The van der Waals surface area contributed by atoms with Gasteiger partial charge in [-0.3, -0.25) is 0 Å². The first-order valence-corrected chi connectivity index (χ1v) is 5.88. The van der Waals surface area contributed by atoms with Crippen molar-refractivity contribution in [1.82, 2.24) is 5.32 Å². The molecule has 2 saturated heterocycles. The Morgan fingerprint density at radius 1 is 1.41 bits per heavy atom. The number of piperidine rings is 1. The van der Waals surface area contributed by atoms with Crippen LogP contribution in [-0.4, -0.2) is 28.3 Å². The second-order valence-electron chi connectivity index (χ2n) is 5.05. The third-order valence-corrected chi connectivity index (χ3v) is 3.82. The summed E-state index contributed by atoms with van der Waals surface area (Å²) < 4.78 is 5.23. The maximum absolute atomic E-state index is 11.1. The molecule has 5 nitrogen and oxygen atoms in total. The number of furan rings is 1. The fourth-order valence-corrected chi connectivity index (χ4v) is 3.15. The average molecular weight is 237 g/mol. The summed E-state index contributed by atoms with van der Waals surface area (Å²) in [6.07, 6.45) is 4.46. The van der Waals surface area contributed by atoms with Gasteiger partial charge in [-0.2, -0.15) is 0 Å². The topological polar surface area (TPSA) is 82.7 Å². The van der Waals surface area contributed by atoms with Crippen LogP contribution in [0, 0.1) is 0 Å². The van der Waals surface area contributed by atoms with E-state index in [1.54, 1.807) is 0 Å². The summed E-state index contributed by atoms with van der Waals surface area (Å²) in [6, 6.07) is 1.94. The van der Waals surface area contributed by atoms with Gasteiger partial charge in [0.25, 0.3) is 0 Å². The smallest absolute Gasteiger partial charge is 0.339 e. The highest BCUT2D eigenvalue weighted by atomic mass is 16.4. The predicted molar refractivity (Wildman–Crippen MR) is 58.7 cm³/mol. The van der Waals surface area contributed by atoms with E-state index in [1.807, 2.05) is 0 Å². The fourth-order valence-electron chi connectivity index (χ4n) is 3.15. The van der Waals surface area contributed by atoms with Gasteiger partial charge in [0.2, 0.25) is 0 Å². The quantitative estimate of drug-likeness (QED) is 0.717. The Balaban J connectivity index is 1.97. The molecule has 92 valence electrons. The third kappa shape index (κ3) is 1.66. The lowest BCUT2D eigenvalue weighted by Crippen LogP contribution is -2.47. The number of fused-ring (bicyclic) bond motifs is 2. The Morgan fingerprint density at radius 3 is 2.65 bits per heavy atom. The zero-order valence-electron chi connectivity index (χ0n) is 9.35. The standard InChI is InChI=1S/C12H15NO4/c14-11(15)9-3-4-17-10(9)12(16)5-7-1-2-8(6-12)13-7/h3-4,7-8,13,16H,1-2,5-6H2,(H,14,15). The Kier molecular flexibility index (Phi) is 2.27. The lowest BCUT2D eigenvalue weighted by atomic mass is 9.84. The molecule has 3 heterocycles. The summed E-state index contributed by atoms with van der Waals surface area (Å²) in [5.74, 6) is -0.837. The van der Waals surface area contributed by atoms with Crippen molar-refractivity contribution < 1.29 is 19.4 Å². The van der Waals surface area contributed by atoms with Crippen molar-refractivity contribution >= 4 is 5.97 Å². The molecule has 0 amide bonds. The molecule has 2 atom stereocenters. The van der Waals surface area contributed by atoms with E-state index in [-0.39, 0.29) is 23.4 Å². The fraction of sp³-hybridized carbons (Fsp3) is 0.583. The predicted octanol–water partition coefficient (Wildman–Crippen LogP) is 1.08. The normalized spacial score (nSPS) is 36.1. The molecule has 2 bridgehead atoms. The van der Waals surface area contributed by atoms with Gasteiger partial charge in [-0.1, -0.05) is 0 Å². The number of hydrogen-bond donors (Lipinski definition) is 3. The Labute approximate surface area is 98.4 Å². The largest absolute Gasteiger partial charge is 0.478 e. The third-order valence-electron chi connectivity index (χ3n) is 3.82. The zero-order chi connectivity index (χ0) is 12.0. The molecule has 2 aliphatic heterocycles. The summed E-state index contributed by atoms with van der Waals surface area (Å²) in [5, 5.41) is 23.1. The van der Waals surface area contributed by atoms with E-state index in [1.165, 1.54) is 12.3 Å². The first kappa shape index (κ1) is 10.8. The molecular formula is C12H15NO4.